The summed E-state index contributed by atoms with van der Waals surface area (Å²) < 4.78 is 17.9. The van der Waals surface area contributed by atoms with Gasteiger partial charge in [-0.25, -0.2) is 9.18 Å². The molecule has 0 fully saturated rings. The van der Waals surface area contributed by atoms with Gasteiger partial charge in [-0.2, -0.15) is 0 Å². The predicted octanol–water partition coefficient (Wildman–Crippen LogP) is 1.80. The lowest BCUT2D eigenvalue weighted by Crippen LogP contribution is -2.42. The number of benzene rings is 1. The molecule has 1 rings (SSSR count). The fourth-order valence-corrected chi connectivity index (χ4v) is 1.56. The van der Waals surface area contributed by atoms with Crippen LogP contribution in [-0.2, 0) is 16.0 Å². The lowest BCUT2D eigenvalue weighted by Gasteiger charge is -2.11. The Bertz CT molecular complexity index is 473. The molecule has 1 aromatic carbocycles. The van der Waals surface area contributed by atoms with Gasteiger partial charge in [-0.3, -0.25) is 4.79 Å². The summed E-state index contributed by atoms with van der Waals surface area (Å²) in [6.07, 6.45) is -0.00571. The lowest BCUT2D eigenvalue weighted by molar-refractivity contribution is -0.142. The first-order valence-corrected chi connectivity index (χ1v) is 6.72. The average molecular weight is 297 g/mol. The van der Waals surface area contributed by atoms with Gasteiger partial charge in [-0.1, -0.05) is 26.0 Å². The molecule has 0 aliphatic carbocycles. The molecule has 1 atom stereocenters. The summed E-state index contributed by atoms with van der Waals surface area (Å²) in [5.74, 6) is -0.789. The number of halogens is 1. The van der Waals surface area contributed by atoms with Crippen molar-refractivity contribution >= 4 is 11.9 Å². The van der Waals surface area contributed by atoms with E-state index in [0.717, 1.165) is 0 Å². The molecular formula is C15H20FNO4. The normalized spacial score (nSPS) is 12.0. The van der Waals surface area contributed by atoms with Crippen LogP contribution in [0.1, 0.15) is 19.4 Å². The molecule has 5 nitrogen and oxygen atoms in total. The molecule has 1 amide bonds. The average Bonchev–Trinajstić information content (AvgIpc) is 2.43. The Morgan fingerprint density at radius 2 is 1.90 bits per heavy atom. The van der Waals surface area contributed by atoms with Crippen molar-refractivity contribution in [3.05, 3.63) is 29.8 Å². The largest absolute Gasteiger partial charge is 0.493 e. The molecule has 0 aliphatic rings. The zero-order chi connectivity index (χ0) is 15.8. The van der Waals surface area contributed by atoms with E-state index in [2.05, 4.69) is 5.32 Å². The molecule has 0 aromatic heterocycles. The van der Waals surface area contributed by atoms with Crippen molar-refractivity contribution in [3.63, 3.8) is 0 Å². The molecule has 2 N–H and O–H groups in total. The minimum atomic E-state index is -1.49. The van der Waals surface area contributed by atoms with Crippen LogP contribution < -0.4 is 10.1 Å². The first-order valence-electron chi connectivity index (χ1n) is 6.72. The van der Waals surface area contributed by atoms with Gasteiger partial charge < -0.3 is 15.2 Å². The third kappa shape index (κ3) is 6.25. The van der Waals surface area contributed by atoms with Crippen LogP contribution >= 0.6 is 0 Å². The highest BCUT2D eigenvalue weighted by Gasteiger charge is 2.19. The fraction of sp³-hybridized carbons (Fsp3) is 0.467. The minimum Gasteiger partial charge on any atom is -0.493 e. The van der Waals surface area contributed by atoms with E-state index in [1.54, 1.807) is 24.3 Å². The van der Waals surface area contributed by atoms with Crippen molar-refractivity contribution in [1.29, 1.82) is 0 Å². The van der Waals surface area contributed by atoms with Gasteiger partial charge in [-0.15, -0.1) is 0 Å². The number of nitrogens with one attached hydrogen (secondary N) is 1. The lowest BCUT2D eigenvalue weighted by atomic mass is 10.1. The molecule has 0 radical (unpaired) electrons. The number of hydrogen-bond donors (Lipinski definition) is 2. The molecule has 0 heterocycles. The van der Waals surface area contributed by atoms with E-state index >= 15 is 0 Å². The summed E-state index contributed by atoms with van der Waals surface area (Å²) in [6.45, 7) is 3.56. The van der Waals surface area contributed by atoms with Crippen LogP contribution in [0.5, 0.6) is 5.75 Å². The molecule has 0 saturated carbocycles. The number of aliphatic carboxylic acids is 1. The standard InChI is InChI=1S/C15H20FNO4/c1-10(2)9-21-12-5-3-11(4-6-12)7-14(18)17-13(8-16)15(19)20/h3-6,10,13H,7-9H2,1-2H3,(H,17,18)(H,19,20). The van der Waals surface area contributed by atoms with Crippen LogP contribution in [0.2, 0.25) is 0 Å². The van der Waals surface area contributed by atoms with Gasteiger partial charge in [-0.05, 0) is 23.6 Å². The molecular weight excluding hydrogens is 277 g/mol. The number of carbonyl (C=O) groups excluding carboxylic acids is 1. The Balaban J connectivity index is 2.51. The van der Waals surface area contributed by atoms with E-state index < -0.39 is 24.6 Å². The van der Waals surface area contributed by atoms with Gasteiger partial charge in [0, 0.05) is 0 Å². The van der Waals surface area contributed by atoms with Crippen LogP contribution in [0, 0.1) is 5.92 Å². The first kappa shape index (κ1) is 16.9. The van der Waals surface area contributed by atoms with Crippen molar-refractivity contribution in [2.45, 2.75) is 26.3 Å². The smallest absolute Gasteiger partial charge is 0.328 e. The van der Waals surface area contributed by atoms with Gasteiger partial charge in [0.2, 0.25) is 5.91 Å². The van der Waals surface area contributed by atoms with Gasteiger partial charge >= 0.3 is 5.97 Å². The maximum atomic E-state index is 12.4. The molecule has 0 aliphatic heterocycles. The molecule has 6 heteroatoms. The molecule has 0 spiro atoms. The summed E-state index contributed by atoms with van der Waals surface area (Å²) in [5, 5.41) is 10.8. The zero-order valence-electron chi connectivity index (χ0n) is 12.1. The van der Waals surface area contributed by atoms with Gasteiger partial charge in [0.25, 0.3) is 0 Å². The fourth-order valence-electron chi connectivity index (χ4n) is 1.56. The van der Waals surface area contributed by atoms with Crippen LogP contribution in [0.15, 0.2) is 24.3 Å². The van der Waals surface area contributed by atoms with Crippen molar-refractivity contribution in [2.24, 2.45) is 5.92 Å². The number of hydrogen-bond acceptors (Lipinski definition) is 3. The van der Waals surface area contributed by atoms with E-state index in [-0.39, 0.29) is 6.42 Å². The molecule has 0 saturated heterocycles. The maximum absolute atomic E-state index is 12.4. The minimum absolute atomic E-state index is 0.00571. The van der Waals surface area contributed by atoms with Gasteiger partial charge in [0.15, 0.2) is 6.04 Å². The quantitative estimate of drug-likeness (QED) is 0.767. The van der Waals surface area contributed by atoms with E-state index in [4.69, 9.17) is 9.84 Å². The Labute approximate surface area is 123 Å². The highest BCUT2D eigenvalue weighted by Crippen LogP contribution is 2.13. The number of ether oxygens (including phenoxy) is 1. The number of carboxylic acid groups (broad SMARTS) is 1. The van der Waals surface area contributed by atoms with Crippen molar-refractivity contribution in [2.75, 3.05) is 13.3 Å². The summed E-state index contributed by atoms with van der Waals surface area (Å²) in [6, 6.07) is 5.44. The summed E-state index contributed by atoms with van der Waals surface area (Å²) in [4.78, 5) is 22.2. The zero-order valence-corrected chi connectivity index (χ0v) is 12.1. The number of alkyl halides is 1. The van der Waals surface area contributed by atoms with Crippen LogP contribution in [0.3, 0.4) is 0 Å². The Hall–Kier alpha value is -2.11. The molecule has 0 bridgehead atoms. The van der Waals surface area contributed by atoms with Crippen molar-refractivity contribution in [3.8, 4) is 5.75 Å². The van der Waals surface area contributed by atoms with E-state index in [1.165, 1.54) is 0 Å². The molecule has 1 aromatic rings. The number of carboxylic acids is 1. The Morgan fingerprint density at radius 3 is 2.38 bits per heavy atom. The number of rotatable bonds is 8. The molecule has 116 valence electrons. The number of amides is 1. The van der Waals surface area contributed by atoms with Crippen molar-refractivity contribution < 1.29 is 23.8 Å². The topological polar surface area (TPSA) is 75.6 Å². The molecule has 21 heavy (non-hydrogen) atoms. The molecule has 1 unspecified atom stereocenters. The Morgan fingerprint density at radius 1 is 1.29 bits per heavy atom. The number of carbonyl (C=O) groups is 2. The summed E-state index contributed by atoms with van der Waals surface area (Å²) >= 11 is 0. The van der Waals surface area contributed by atoms with E-state index in [1.807, 2.05) is 13.8 Å². The second-order valence-corrected chi connectivity index (χ2v) is 5.14. The van der Waals surface area contributed by atoms with Crippen LogP contribution in [0.4, 0.5) is 4.39 Å². The van der Waals surface area contributed by atoms with Crippen LogP contribution in [0.25, 0.3) is 0 Å². The van der Waals surface area contributed by atoms with Crippen LogP contribution in [-0.4, -0.2) is 36.3 Å². The highest BCUT2D eigenvalue weighted by molar-refractivity contribution is 5.84. The summed E-state index contributed by atoms with van der Waals surface area (Å²) in [5.41, 5.74) is 0.701. The van der Waals surface area contributed by atoms with Crippen molar-refractivity contribution in [1.82, 2.24) is 5.32 Å². The van der Waals surface area contributed by atoms with E-state index in [9.17, 15) is 14.0 Å². The summed E-state index contributed by atoms with van der Waals surface area (Å²) in [7, 11) is 0. The van der Waals surface area contributed by atoms with Gasteiger partial charge in [0.05, 0.1) is 13.0 Å². The van der Waals surface area contributed by atoms with Gasteiger partial charge in [0.1, 0.15) is 12.4 Å². The third-order valence-corrected chi connectivity index (χ3v) is 2.66. The first-order chi connectivity index (χ1) is 9.92. The predicted molar refractivity (Wildman–Crippen MR) is 76.0 cm³/mol. The highest BCUT2D eigenvalue weighted by atomic mass is 19.1. The maximum Gasteiger partial charge on any atom is 0.328 e. The van der Waals surface area contributed by atoms with E-state index in [0.29, 0.717) is 23.8 Å². The monoisotopic (exact) mass is 297 g/mol. The Kier molecular flexibility index (Phi) is 6.65. The second kappa shape index (κ2) is 8.24. The second-order valence-electron chi connectivity index (χ2n) is 5.14. The third-order valence-electron chi connectivity index (χ3n) is 2.66. The SMILES string of the molecule is CC(C)COc1ccc(CC(=O)NC(CF)C(=O)O)cc1.